The molecule has 0 aliphatic rings. The Morgan fingerprint density at radius 1 is 1.00 bits per heavy atom. The molecule has 0 bridgehead atoms. The first-order valence-electron chi connectivity index (χ1n) is 8.26. The molecule has 0 aliphatic heterocycles. The molecule has 4 nitrogen and oxygen atoms in total. The predicted molar refractivity (Wildman–Crippen MR) is 95.4 cm³/mol. The van der Waals surface area contributed by atoms with Crippen LogP contribution >= 0.6 is 0 Å². The fourth-order valence-electron chi connectivity index (χ4n) is 2.42. The van der Waals surface area contributed by atoms with Gasteiger partial charge in [0.15, 0.2) is 0 Å². The van der Waals surface area contributed by atoms with Gasteiger partial charge in [0.05, 0.1) is 6.54 Å². The summed E-state index contributed by atoms with van der Waals surface area (Å²) in [5.41, 5.74) is 3.08. The summed E-state index contributed by atoms with van der Waals surface area (Å²) >= 11 is 0. The Balaban J connectivity index is 1.82. The van der Waals surface area contributed by atoms with Gasteiger partial charge < -0.3 is 10.2 Å². The van der Waals surface area contributed by atoms with Gasteiger partial charge in [-0.05, 0) is 36.6 Å². The van der Waals surface area contributed by atoms with Gasteiger partial charge in [0.25, 0.3) is 0 Å². The van der Waals surface area contributed by atoms with Crippen molar-refractivity contribution in [2.75, 3.05) is 13.1 Å². The summed E-state index contributed by atoms with van der Waals surface area (Å²) in [6, 6.07) is 14.1. The lowest BCUT2D eigenvalue weighted by Gasteiger charge is -2.20. The minimum absolute atomic E-state index is 0.0205. The highest BCUT2D eigenvalue weighted by Gasteiger charge is 2.13. The Morgan fingerprint density at radius 3 is 2.20 bits per heavy atom. The molecule has 0 atom stereocenters. The van der Waals surface area contributed by atoms with E-state index in [2.05, 4.69) is 5.32 Å². The summed E-state index contributed by atoms with van der Waals surface area (Å²) in [6.07, 6.45) is 0.615. The van der Waals surface area contributed by atoms with Crippen LogP contribution in [0.3, 0.4) is 0 Å². The molecule has 5 heteroatoms. The predicted octanol–water partition coefficient (Wildman–Crippen LogP) is 2.84. The second-order valence-electron chi connectivity index (χ2n) is 6.09. The van der Waals surface area contributed by atoms with Crippen LogP contribution in [-0.4, -0.2) is 29.8 Å². The summed E-state index contributed by atoms with van der Waals surface area (Å²) in [4.78, 5) is 25.4. The van der Waals surface area contributed by atoms with Crippen molar-refractivity contribution < 1.29 is 14.0 Å². The second kappa shape index (κ2) is 8.97. The SMILES string of the molecule is CC(=O)N(CC(=O)NCCc1ccc(F)cc1)Cc1ccc(C)cc1. The quantitative estimate of drug-likeness (QED) is 0.841. The van der Waals surface area contributed by atoms with Crippen LogP contribution in [-0.2, 0) is 22.6 Å². The zero-order valence-electron chi connectivity index (χ0n) is 14.6. The molecule has 25 heavy (non-hydrogen) atoms. The normalized spacial score (nSPS) is 10.4. The van der Waals surface area contributed by atoms with E-state index in [0.29, 0.717) is 19.5 Å². The van der Waals surface area contributed by atoms with Crippen molar-refractivity contribution in [3.05, 3.63) is 71.0 Å². The number of hydrogen-bond donors (Lipinski definition) is 1. The van der Waals surface area contributed by atoms with Crippen molar-refractivity contribution >= 4 is 11.8 Å². The number of aryl methyl sites for hydroxylation is 1. The number of carbonyl (C=O) groups is 2. The van der Waals surface area contributed by atoms with Gasteiger partial charge in [-0.1, -0.05) is 42.0 Å². The largest absolute Gasteiger partial charge is 0.354 e. The Morgan fingerprint density at radius 2 is 1.60 bits per heavy atom. The lowest BCUT2D eigenvalue weighted by molar-refractivity contribution is -0.134. The monoisotopic (exact) mass is 342 g/mol. The van der Waals surface area contributed by atoms with E-state index in [1.165, 1.54) is 24.0 Å². The van der Waals surface area contributed by atoms with E-state index in [0.717, 1.165) is 16.7 Å². The van der Waals surface area contributed by atoms with E-state index in [9.17, 15) is 14.0 Å². The standard InChI is InChI=1S/C20H23FN2O2/c1-15-3-5-18(6-4-15)13-23(16(2)24)14-20(25)22-12-11-17-7-9-19(21)10-8-17/h3-10H,11-14H2,1-2H3,(H,22,25). The number of amides is 2. The Labute approximate surface area is 147 Å². The molecule has 0 unspecified atom stereocenters. The lowest BCUT2D eigenvalue weighted by atomic mass is 10.1. The number of benzene rings is 2. The highest BCUT2D eigenvalue weighted by Crippen LogP contribution is 2.07. The van der Waals surface area contributed by atoms with Crippen LogP contribution in [0.15, 0.2) is 48.5 Å². The van der Waals surface area contributed by atoms with Gasteiger partial charge in [0, 0.05) is 20.0 Å². The molecule has 1 N–H and O–H groups in total. The minimum Gasteiger partial charge on any atom is -0.354 e. The molecule has 2 aromatic rings. The molecule has 0 aromatic heterocycles. The van der Waals surface area contributed by atoms with E-state index in [-0.39, 0.29) is 24.2 Å². The van der Waals surface area contributed by atoms with E-state index < -0.39 is 0 Å². The molecule has 2 aromatic carbocycles. The molecular formula is C20H23FN2O2. The van der Waals surface area contributed by atoms with Crippen molar-refractivity contribution in [2.45, 2.75) is 26.8 Å². The lowest BCUT2D eigenvalue weighted by Crippen LogP contribution is -2.39. The molecule has 0 saturated carbocycles. The first-order chi connectivity index (χ1) is 11.9. The van der Waals surface area contributed by atoms with Crippen LogP contribution in [0, 0.1) is 12.7 Å². The first kappa shape index (κ1) is 18.6. The van der Waals surface area contributed by atoms with Crippen LogP contribution in [0.1, 0.15) is 23.6 Å². The number of nitrogens with zero attached hydrogens (tertiary/aromatic N) is 1. The van der Waals surface area contributed by atoms with Crippen LogP contribution in [0.25, 0.3) is 0 Å². The van der Waals surface area contributed by atoms with Crippen molar-refractivity contribution in [2.24, 2.45) is 0 Å². The van der Waals surface area contributed by atoms with Crippen molar-refractivity contribution in [3.8, 4) is 0 Å². The Kier molecular flexibility index (Phi) is 6.69. The topological polar surface area (TPSA) is 49.4 Å². The second-order valence-corrected chi connectivity index (χ2v) is 6.09. The number of carbonyl (C=O) groups excluding carboxylic acids is 2. The van der Waals surface area contributed by atoms with Gasteiger partial charge >= 0.3 is 0 Å². The third-order valence-electron chi connectivity index (χ3n) is 3.92. The molecule has 2 rings (SSSR count). The van der Waals surface area contributed by atoms with E-state index in [1.54, 1.807) is 12.1 Å². The molecule has 0 aliphatic carbocycles. The summed E-state index contributed by atoms with van der Waals surface area (Å²) in [7, 11) is 0. The summed E-state index contributed by atoms with van der Waals surface area (Å²) < 4.78 is 12.8. The highest BCUT2D eigenvalue weighted by molar-refractivity contribution is 5.83. The van der Waals surface area contributed by atoms with Crippen LogP contribution in [0.4, 0.5) is 4.39 Å². The fraction of sp³-hybridized carbons (Fsp3) is 0.300. The molecular weight excluding hydrogens is 319 g/mol. The third kappa shape index (κ3) is 6.37. The first-order valence-corrected chi connectivity index (χ1v) is 8.26. The summed E-state index contributed by atoms with van der Waals surface area (Å²) in [5, 5.41) is 2.80. The highest BCUT2D eigenvalue weighted by atomic mass is 19.1. The molecule has 0 spiro atoms. The average Bonchev–Trinajstić information content (AvgIpc) is 2.58. The van der Waals surface area contributed by atoms with Crippen LogP contribution in [0.5, 0.6) is 0 Å². The maximum absolute atomic E-state index is 12.8. The molecule has 0 heterocycles. The van der Waals surface area contributed by atoms with Crippen LogP contribution in [0.2, 0.25) is 0 Å². The van der Waals surface area contributed by atoms with Gasteiger partial charge in [-0.15, -0.1) is 0 Å². The number of hydrogen-bond acceptors (Lipinski definition) is 2. The zero-order valence-corrected chi connectivity index (χ0v) is 14.6. The van der Waals surface area contributed by atoms with Crippen LogP contribution < -0.4 is 5.32 Å². The van der Waals surface area contributed by atoms with E-state index in [1.807, 2.05) is 31.2 Å². The number of rotatable bonds is 7. The smallest absolute Gasteiger partial charge is 0.239 e. The molecule has 0 fully saturated rings. The summed E-state index contributed by atoms with van der Waals surface area (Å²) in [6.45, 7) is 4.33. The average molecular weight is 342 g/mol. The van der Waals surface area contributed by atoms with Gasteiger partial charge in [-0.2, -0.15) is 0 Å². The fourth-order valence-corrected chi connectivity index (χ4v) is 2.42. The maximum atomic E-state index is 12.8. The molecule has 0 saturated heterocycles. The zero-order chi connectivity index (χ0) is 18.2. The van der Waals surface area contributed by atoms with Crippen molar-refractivity contribution in [1.82, 2.24) is 10.2 Å². The van der Waals surface area contributed by atoms with E-state index >= 15 is 0 Å². The van der Waals surface area contributed by atoms with Crippen molar-refractivity contribution in [1.29, 1.82) is 0 Å². The molecule has 2 amide bonds. The Hall–Kier alpha value is -2.69. The number of nitrogens with one attached hydrogen (secondary N) is 1. The Bertz CT molecular complexity index is 711. The van der Waals surface area contributed by atoms with E-state index in [4.69, 9.17) is 0 Å². The number of halogens is 1. The molecule has 132 valence electrons. The van der Waals surface area contributed by atoms with Gasteiger partial charge in [0.1, 0.15) is 5.82 Å². The maximum Gasteiger partial charge on any atom is 0.239 e. The summed E-state index contributed by atoms with van der Waals surface area (Å²) in [5.74, 6) is -0.625. The molecule has 0 radical (unpaired) electrons. The third-order valence-corrected chi connectivity index (χ3v) is 3.92. The van der Waals surface area contributed by atoms with Crippen molar-refractivity contribution in [3.63, 3.8) is 0 Å². The minimum atomic E-state index is -0.277. The van der Waals surface area contributed by atoms with Gasteiger partial charge in [-0.25, -0.2) is 4.39 Å². The van der Waals surface area contributed by atoms with Gasteiger partial charge in [-0.3, -0.25) is 9.59 Å². The van der Waals surface area contributed by atoms with Gasteiger partial charge in [0.2, 0.25) is 11.8 Å².